The van der Waals surface area contributed by atoms with Crippen LogP contribution < -0.4 is 10.0 Å². The number of hydrogen-bond donors (Lipinski definition) is 2. The number of halogens is 1. The number of carbonyl (C=O) groups excluding carboxylic acids is 1. The molecule has 2 aromatic carbocycles. The second-order valence-electron chi connectivity index (χ2n) is 5.85. The van der Waals surface area contributed by atoms with E-state index in [2.05, 4.69) is 15.1 Å². The van der Waals surface area contributed by atoms with E-state index in [0.717, 1.165) is 5.69 Å². The number of aryl methyl sites for hydroxylation is 1. The standard InChI is InChI=1S/C19H17ClN4O3S/c1-24-17(10-11-21-24)8-9-19(25)22-15-5-3-7-18(13-15)28(26,27)23-16-6-2-4-14(20)12-16/h2-13,23H,1H3,(H,22,25)/b9-8+. The molecule has 0 unspecified atom stereocenters. The summed E-state index contributed by atoms with van der Waals surface area (Å²) in [5.74, 6) is -0.390. The number of nitrogens with zero attached hydrogens (tertiary/aromatic N) is 2. The lowest BCUT2D eigenvalue weighted by atomic mass is 10.3. The normalized spacial score (nSPS) is 11.5. The van der Waals surface area contributed by atoms with Crippen LogP contribution in [0.2, 0.25) is 5.02 Å². The molecule has 0 aliphatic carbocycles. The van der Waals surface area contributed by atoms with E-state index in [1.54, 1.807) is 60.4 Å². The summed E-state index contributed by atoms with van der Waals surface area (Å²) in [5, 5.41) is 7.07. The summed E-state index contributed by atoms with van der Waals surface area (Å²) in [4.78, 5) is 12.1. The molecule has 1 heterocycles. The number of sulfonamides is 1. The molecule has 0 saturated carbocycles. The van der Waals surface area contributed by atoms with E-state index in [1.165, 1.54) is 24.3 Å². The molecule has 1 aromatic heterocycles. The Kier molecular flexibility index (Phi) is 5.81. The third kappa shape index (κ3) is 4.99. The summed E-state index contributed by atoms with van der Waals surface area (Å²) in [6.45, 7) is 0. The highest BCUT2D eigenvalue weighted by Gasteiger charge is 2.15. The van der Waals surface area contributed by atoms with Gasteiger partial charge in [-0.3, -0.25) is 14.2 Å². The predicted octanol–water partition coefficient (Wildman–Crippen LogP) is 3.53. The van der Waals surface area contributed by atoms with E-state index in [9.17, 15) is 13.2 Å². The van der Waals surface area contributed by atoms with Crippen molar-refractivity contribution in [1.29, 1.82) is 0 Å². The monoisotopic (exact) mass is 416 g/mol. The van der Waals surface area contributed by atoms with Crippen molar-refractivity contribution in [2.45, 2.75) is 4.90 Å². The molecular formula is C19H17ClN4O3S. The lowest BCUT2D eigenvalue weighted by Crippen LogP contribution is -2.14. The maximum atomic E-state index is 12.6. The number of amides is 1. The Hall–Kier alpha value is -3.10. The van der Waals surface area contributed by atoms with Crippen molar-refractivity contribution in [1.82, 2.24) is 9.78 Å². The first kappa shape index (κ1) is 19.7. The third-order valence-corrected chi connectivity index (χ3v) is 5.37. The van der Waals surface area contributed by atoms with Crippen molar-refractivity contribution in [3.63, 3.8) is 0 Å². The molecule has 1 amide bonds. The van der Waals surface area contributed by atoms with Crippen LogP contribution in [-0.2, 0) is 21.9 Å². The molecule has 3 aromatic rings. The minimum atomic E-state index is -3.83. The Balaban J connectivity index is 1.73. The van der Waals surface area contributed by atoms with Gasteiger partial charge in [-0.25, -0.2) is 8.42 Å². The minimum absolute atomic E-state index is 0.0147. The van der Waals surface area contributed by atoms with Crippen molar-refractivity contribution in [3.05, 3.63) is 77.6 Å². The van der Waals surface area contributed by atoms with Crippen LogP contribution in [0.3, 0.4) is 0 Å². The van der Waals surface area contributed by atoms with Crippen molar-refractivity contribution >= 4 is 45.0 Å². The van der Waals surface area contributed by atoms with Crippen LogP contribution in [0.4, 0.5) is 11.4 Å². The van der Waals surface area contributed by atoms with Gasteiger partial charge in [0.1, 0.15) is 0 Å². The average molecular weight is 417 g/mol. The average Bonchev–Trinajstić information content (AvgIpc) is 3.05. The Morgan fingerprint density at radius 2 is 1.86 bits per heavy atom. The molecule has 9 heteroatoms. The number of benzene rings is 2. The first-order chi connectivity index (χ1) is 13.3. The van der Waals surface area contributed by atoms with Crippen LogP contribution >= 0.6 is 11.6 Å². The summed E-state index contributed by atoms with van der Waals surface area (Å²) in [7, 11) is -2.07. The van der Waals surface area contributed by atoms with E-state index >= 15 is 0 Å². The molecule has 0 fully saturated rings. The van der Waals surface area contributed by atoms with Crippen LogP contribution in [0.25, 0.3) is 6.08 Å². The molecule has 0 atom stereocenters. The number of rotatable bonds is 6. The molecule has 7 nitrogen and oxygen atoms in total. The van der Waals surface area contributed by atoms with Gasteiger partial charge in [0.15, 0.2) is 0 Å². The van der Waals surface area contributed by atoms with E-state index in [1.807, 2.05) is 0 Å². The molecule has 0 bridgehead atoms. The van der Waals surface area contributed by atoms with Gasteiger partial charge >= 0.3 is 0 Å². The van der Waals surface area contributed by atoms with Gasteiger partial charge in [-0.05, 0) is 48.5 Å². The van der Waals surface area contributed by atoms with Gasteiger partial charge in [-0.2, -0.15) is 5.10 Å². The van der Waals surface area contributed by atoms with Crippen LogP contribution in [0, 0.1) is 0 Å². The maximum Gasteiger partial charge on any atom is 0.261 e. The van der Waals surface area contributed by atoms with Crippen LogP contribution in [-0.4, -0.2) is 24.1 Å². The number of carbonyl (C=O) groups is 1. The largest absolute Gasteiger partial charge is 0.322 e. The van der Waals surface area contributed by atoms with Gasteiger partial charge in [-0.15, -0.1) is 0 Å². The minimum Gasteiger partial charge on any atom is -0.322 e. The fraction of sp³-hybridized carbons (Fsp3) is 0.0526. The molecular weight excluding hydrogens is 400 g/mol. The van der Waals surface area contributed by atoms with Gasteiger partial charge in [0, 0.05) is 30.0 Å². The molecule has 0 aliphatic rings. The molecule has 2 N–H and O–H groups in total. The summed E-state index contributed by atoms with van der Waals surface area (Å²) in [6, 6.07) is 14.1. The van der Waals surface area contributed by atoms with Crippen molar-refractivity contribution in [3.8, 4) is 0 Å². The van der Waals surface area contributed by atoms with Crippen LogP contribution in [0.1, 0.15) is 5.69 Å². The SMILES string of the molecule is Cn1nccc1/C=C/C(=O)Nc1cccc(S(=O)(=O)Nc2cccc(Cl)c2)c1. The van der Waals surface area contributed by atoms with E-state index in [4.69, 9.17) is 11.6 Å². The Morgan fingerprint density at radius 3 is 2.57 bits per heavy atom. The molecule has 0 saturated heterocycles. The second kappa shape index (κ2) is 8.28. The highest BCUT2D eigenvalue weighted by atomic mass is 35.5. The number of nitrogens with one attached hydrogen (secondary N) is 2. The lowest BCUT2D eigenvalue weighted by Gasteiger charge is -2.10. The maximum absolute atomic E-state index is 12.6. The van der Waals surface area contributed by atoms with Gasteiger partial charge < -0.3 is 5.32 Å². The number of anilines is 2. The highest BCUT2D eigenvalue weighted by Crippen LogP contribution is 2.21. The first-order valence-corrected chi connectivity index (χ1v) is 10.1. The van der Waals surface area contributed by atoms with E-state index in [-0.39, 0.29) is 4.90 Å². The smallest absolute Gasteiger partial charge is 0.261 e. The highest BCUT2D eigenvalue weighted by molar-refractivity contribution is 7.92. The fourth-order valence-electron chi connectivity index (χ4n) is 2.40. The Morgan fingerprint density at radius 1 is 1.11 bits per heavy atom. The summed E-state index contributed by atoms with van der Waals surface area (Å²) < 4.78 is 29.2. The summed E-state index contributed by atoms with van der Waals surface area (Å²) in [6.07, 6.45) is 4.59. The zero-order valence-corrected chi connectivity index (χ0v) is 16.4. The molecule has 3 rings (SSSR count). The second-order valence-corrected chi connectivity index (χ2v) is 7.96. The molecule has 0 spiro atoms. The van der Waals surface area contributed by atoms with E-state index in [0.29, 0.717) is 16.4 Å². The van der Waals surface area contributed by atoms with E-state index < -0.39 is 15.9 Å². The van der Waals surface area contributed by atoms with Gasteiger partial charge in [0.2, 0.25) is 5.91 Å². The summed E-state index contributed by atoms with van der Waals surface area (Å²) in [5.41, 5.74) is 1.46. The van der Waals surface area contributed by atoms with Crippen molar-refractivity contribution < 1.29 is 13.2 Å². The lowest BCUT2D eigenvalue weighted by molar-refractivity contribution is -0.111. The van der Waals surface area contributed by atoms with Gasteiger partial charge in [0.25, 0.3) is 10.0 Å². The fourth-order valence-corrected chi connectivity index (χ4v) is 3.68. The molecule has 28 heavy (non-hydrogen) atoms. The Bertz CT molecular complexity index is 1140. The predicted molar refractivity (Wildman–Crippen MR) is 110 cm³/mol. The van der Waals surface area contributed by atoms with Crippen LogP contribution in [0.15, 0.2) is 71.8 Å². The quantitative estimate of drug-likeness (QED) is 0.601. The first-order valence-electron chi connectivity index (χ1n) is 8.19. The third-order valence-electron chi connectivity index (χ3n) is 3.75. The molecule has 0 radical (unpaired) electrons. The Labute approximate surface area is 167 Å². The van der Waals surface area contributed by atoms with Crippen molar-refractivity contribution in [2.75, 3.05) is 10.0 Å². The van der Waals surface area contributed by atoms with Gasteiger partial charge in [-0.1, -0.05) is 23.7 Å². The number of hydrogen-bond acceptors (Lipinski definition) is 4. The molecule has 144 valence electrons. The zero-order valence-electron chi connectivity index (χ0n) is 14.8. The van der Waals surface area contributed by atoms with Crippen LogP contribution in [0.5, 0.6) is 0 Å². The van der Waals surface area contributed by atoms with Crippen molar-refractivity contribution in [2.24, 2.45) is 7.05 Å². The van der Waals surface area contributed by atoms with Gasteiger partial charge in [0.05, 0.1) is 16.3 Å². The number of aromatic nitrogens is 2. The summed E-state index contributed by atoms with van der Waals surface area (Å²) >= 11 is 5.88. The molecule has 0 aliphatic heterocycles. The zero-order chi connectivity index (χ0) is 20.1. The topological polar surface area (TPSA) is 93.1 Å².